The molecule has 1 aliphatic carbocycles. The number of carbonyl (C=O) groups excluding carboxylic acids is 1. The lowest BCUT2D eigenvalue weighted by Crippen LogP contribution is -2.41. The monoisotopic (exact) mass is 446 g/mol. The van der Waals surface area contributed by atoms with Crippen LogP contribution in [-0.4, -0.2) is 27.4 Å². The predicted molar refractivity (Wildman–Crippen MR) is 121 cm³/mol. The van der Waals surface area contributed by atoms with Crippen molar-refractivity contribution in [1.82, 2.24) is 5.32 Å². The van der Waals surface area contributed by atoms with Gasteiger partial charge in [0.1, 0.15) is 6.54 Å². The van der Waals surface area contributed by atoms with Crippen LogP contribution in [0.5, 0.6) is 0 Å². The summed E-state index contributed by atoms with van der Waals surface area (Å²) in [7, 11) is -3.94. The Labute approximate surface area is 183 Å². The lowest BCUT2D eigenvalue weighted by molar-refractivity contribution is -0.119. The van der Waals surface area contributed by atoms with Crippen molar-refractivity contribution in [3.63, 3.8) is 0 Å². The predicted octanol–water partition coefficient (Wildman–Crippen LogP) is 4.77. The maximum Gasteiger partial charge on any atom is 0.264 e. The van der Waals surface area contributed by atoms with Gasteiger partial charge in [-0.2, -0.15) is 0 Å². The summed E-state index contributed by atoms with van der Waals surface area (Å²) in [5.74, 6) is -0.336. The Kier molecular flexibility index (Phi) is 7.21. The van der Waals surface area contributed by atoms with Gasteiger partial charge < -0.3 is 5.32 Å². The van der Waals surface area contributed by atoms with Crippen LogP contribution in [0, 0.1) is 13.8 Å². The molecule has 7 heteroatoms. The quantitative estimate of drug-likeness (QED) is 0.623. The zero-order chi connectivity index (χ0) is 21.7. The summed E-state index contributed by atoms with van der Waals surface area (Å²) in [6.07, 6.45) is 6.48. The number of allylic oxidation sites excluding steroid dienone is 1. The Bertz CT molecular complexity index is 1050. The van der Waals surface area contributed by atoms with Crippen molar-refractivity contribution in [3.05, 3.63) is 70.3 Å². The molecule has 1 amide bonds. The number of anilines is 1. The number of halogens is 1. The van der Waals surface area contributed by atoms with Gasteiger partial charge in [-0.05, 0) is 87.1 Å². The van der Waals surface area contributed by atoms with Crippen molar-refractivity contribution in [3.8, 4) is 0 Å². The molecule has 0 saturated heterocycles. The molecule has 1 N–H and O–H groups in total. The molecule has 2 aromatic rings. The molecule has 0 atom stereocenters. The summed E-state index contributed by atoms with van der Waals surface area (Å²) >= 11 is 5.92. The Morgan fingerprint density at radius 1 is 1.07 bits per heavy atom. The molecule has 0 unspecified atom stereocenters. The van der Waals surface area contributed by atoms with Gasteiger partial charge in [0.25, 0.3) is 10.0 Å². The van der Waals surface area contributed by atoms with E-state index in [0.717, 1.165) is 34.7 Å². The fraction of sp³-hybridized carbons (Fsp3) is 0.348. The first-order valence-electron chi connectivity index (χ1n) is 10.1. The van der Waals surface area contributed by atoms with Crippen molar-refractivity contribution in [2.24, 2.45) is 0 Å². The van der Waals surface area contributed by atoms with Crippen LogP contribution in [0.3, 0.4) is 0 Å². The molecule has 5 nitrogen and oxygen atoms in total. The molecule has 0 aliphatic heterocycles. The third-order valence-electron chi connectivity index (χ3n) is 5.36. The van der Waals surface area contributed by atoms with E-state index in [0.29, 0.717) is 17.3 Å². The first-order chi connectivity index (χ1) is 14.3. The van der Waals surface area contributed by atoms with E-state index in [1.54, 1.807) is 12.1 Å². The maximum atomic E-state index is 13.4. The molecule has 0 spiro atoms. The number of sulfonamides is 1. The van der Waals surface area contributed by atoms with Gasteiger partial charge in [-0.3, -0.25) is 9.10 Å². The van der Waals surface area contributed by atoms with Crippen LogP contribution < -0.4 is 9.62 Å². The van der Waals surface area contributed by atoms with Crippen LogP contribution in [0.4, 0.5) is 5.69 Å². The first-order valence-corrected chi connectivity index (χ1v) is 11.9. The van der Waals surface area contributed by atoms with Crippen LogP contribution >= 0.6 is 11.6 Å². The summed E-state index contributed by atoms with van der Waals surface area (Å²) in [6.45, 7) is 4.05. The first kappa shape index (κ1) is 22.4. The highest BCUT2D eigenvalue weighted by molar-refractivity contribution is 7.92. The smallest absolute Gasteiger partial charge is 0.264 e. The van der Waals surface area contributed by atoms with E-state index in [9.17, 15) is 13.2 Å². The molecule has 1 aliphatic rings. The molecule has 2 aromatic carbocycles. The van der Waals surface area contributed by atoms with Crippen molar-refractivity contribution < 1.29 is 13.2 Å². The van der Waals surface area contributed by atoms with E-state index in [1.165, 1.54) is 36.3 Å². The zero-order valence-corrected chi connectivity index (χ0v) is 18.9. The van der Waals surface area contributed by atoms with Crippen LogP contribution in [0.2, 0.25) is 5.02 Å². The molecule has 0 bridgehead atoms. The summed E-state index contributed by atoms with van der Waals surface area (Å²) in [4.78, 5) is 12.8. The Morgan fingerprint density at radius 3 is 2.43 bits per heavy atom. The van der Waals surface area contributed by atoms with Gasteiger partial charge in [0.15, 0.2) is 0 Å². The van der Waals surface area contributed by atoms with Gasteiger partial charge in [0, 0.05) is 11.6 Å². The van der Waals surface area contributed by atoms with E-state index in [-0.39, 0.29) is 17.3 Å². The van der Waals surface area contributed by atoms with Crippen LogP contribution in [0.15, 0.2) is 59.0 Å². The van der Waals surface area contributed by atoms with E-state index in [1.807, 2.05) is 19.9 Å². The van der Waals surface area contributed by atoms with E-state index >= 15 is 0 Å². The Morgan fingerprint density at radius 2 is 1.80 bits per heavy atom. The topological polar surface area (TPSA) is 66.5 Å². The highest BCUT2D eigenvalue weighted by atomic mass is 35.5. The summed E-state index contributed by atoms with van der Waals surface area (Å²) < 4.78 is 27.9. The average molecular weight is 447 g/mol. The Balaban J connectivity index is 1.87. The largest absolute Gasteiger partial charge is 0.351 e. The third-order valence-corrected chi connectivity index (χ3v) is 7.41. The number of rotatable bonds is 7. The van der Waals surface area contributed by atoms with Gasteiger partial charge in [-0.15, -0.1) is 0 Å². The molecule has 0 fully saturated rings. The number of nitrogens with one attached hydrogen (secondary N) is 1. The highest BCUT2D eigenvalue weighted by Crippen LogP contribution is 2.26. The van der Waals surface area contributed by atoms with Crippen LogP contribution in [-0.2, 0) is 14.8 Å². The SMILES string of the molecule is Cc1ccc(N(CC(=O)NCC2=CCCCC2)S(=O)(=O)c2ccc(Cl)cc2)cc1C. The van der Waals surface area contributed by atoms with Crippen LogP contribution in [0.1, 0.15) is 36.8 Å². The Hall–Kier alpha value is -2.31. The number of aryl methyl sites for hydroxylation is 2. The number of hydrogen-bond acceptors (Lipinski definition) is 3. The van der Waals surface area contributed by atoms with Crippen molar-refractivity contribution in [1.29, 1.82) is 0 Å². The average Bonchev–Trinajstić information content (AvgIpc) is 2.73. The fourth-order valence-corrected chi connectivity index (χ4v) is 4.93. The van der Waals surface area contributed by atoms with Crippen molar-refractivity contribution in [2.75, 3.05) is 17.4 Å². The summed E-state index contributed by atoms with van der Waals surface area (Å²) in [5.41, 5.74) is 3.67. The highest BCUT2D eigenvalue weighted by Gasteiger charge is 2.27. The van der Waals surface area contributed by atoms with Crippen molar-refractivity contribution >= 4 is 33.2 Å². The van der Waals surface area contributed by atoms with E-state index in [2.05, 4.69) is 11.4 Å². The van der Waals surface area contributed by atoms with Gasteiger partial charge in [0.2, 0.25) is 5.91 Å². The molecule has 0 heterocycles. The van der Waals surface area contributed by atoms with Gasteiger partial charge >= 0.3 is 0 Å². The van der Waals surface area contributed by atoms with Crippen molar-refractivity contribution in [2.45, 2.75) is 44.4 Å². The van der Waals surface area contributed by atoms with E-state index < -0.39 is 10.0 Å². The fourth-order valence-electron chi connectivity index (χ4n) is 3.39. The number of carbonyl (C=O) groups is 1. The normalized spacial score (nSPS) is 14.2. The standard InChI is InChI=1S/C23H27ClN2O3S/c1-17-8-11-21(14-18(17)2)26(30(28,29)22-12-9-20(24)10-13-22)16-23(27)25-15-19-6-4-3-5-7-19/h6,8-14H,3-5,7,15-16H2,1-2H3,(H,25,27). The molecule has 0 aromatic heterocycles. The molecule has 3 rings (SSSR count). The van der Waals surface area contributed by atoms with E-state index in [4.69, 9.17) is 11.6 Å². The number of hydrogen-bond donors (Lipinski definition) is 1. The molecule has 0 radical (unpaired) electrons. The summed E-state index contributed by atoms with van der Waals surface area (Å²) in [5, 5.41) is 3.33. The minimum Gasteiger partial charge on any atom is -0.351 e. The second kappa shape index (κ2) is 9.67. The number of benzene rings is 2. The molecular formula is C23H27ClN2O3S. The molecule has 30 heavy (non-hydrogen) atoms. The van der Waals surface area contributed by atoms with Gasteiger partial charge in [-0.25, -0.2) is 8.42 Å². The lowest BCUT2D eigenvalue weighted by Gasteiger charge is -2.25. The number of nitrogens with zero attached hydrogens (tertiary/aromatic N) is 1. The summed E-state index contributed by atoms with van der Waals surface area (Å²) in [6, 6.07) is 11.4. The van der Waals surface area contributed by atoms with Gasteiger partial charge in [0.05, 0.1) is 10.6 Å². The zero-order valence-electron chi connectivity index (χ0n) is 17.3. The maximum absolute atomic E-state index is 13.4. The molecule has 160 valence electrons. The van der Waals surface area contributed by atoms with Crippen LogP contribution in [0.25, 0.3) is 0 Å². The van der Waals surface area contributed by atoms with Gasteiger partial charge in [-0.1, -0.05) is 29.3 Å². The second-order valence-corrected chi connectivity index (χ2v) is 9.92. The number of amides is 1. The lowest BCUT2D eigenvalue weighted by atomic mass is 10.00. The third kappa shape index (κ3) is 5.43. The minimum atomic E-state index is -3.94. The second-order valence-electron chi connectivity index (χ2n) is 7.62. The molecule has 0 saturated carbocycles. The molecular weight excluding hydrogens is 420 g/mol. The minimum absolute atomic E-state index is 0.0907.